The summed E-state index contributed by atoms with van der Waals surface area (Å²) in [5, 5.41) is 10.8. The highest BCUT2D eigenvalue weighted by Crippen LogP contribution is 2.28. The summed E-state index contributed by atoms with van der Waals surface area (Å²) in [6, 6.07) is 10.2. The molecule has 5 nitrogen and oxygen atoms in total. The normalized spacial score (nSPS) is 17.2. The molecular formula is C19H24N4O. The SMILES string of the molecule is O=C(c1n[nH]c2c1CNCC2)N(Cc1ccccc1)CC1CCC1. The second kappa shape index (κ2) is 6.77. The second-order valence-electron chi connectivity index (χ2n) is 6.92. The van der Waals surface area contributed by atoms with Crippen molar-refractivity contribution in [2.24, 2.45) is 5.92 Å². The number of amides is 1. The summed E-state index contributed by atoms with van der Waals surface area (Å²) in [5.41, 5.74) is 3.94. The summed E-state index contributed by atoms with van der Waals surface area (Å²) in [5.74, 6) is 0.706. The van der Waals surface area contributed by atoms with Crippen LogP contribution in [0.15, 0.2) is 30.3 Å². The molecule has 0 spiro atoms. The lowest BCUT2D eigenvalue weighted by Crippen LogP contribution is -2.38. The average molecular weight is 324 g/mol. The Labute approximate surface area is 142 Å². The molecule has 0 atom stereocenters. The number of H-pyrrole nitrogens is 1. The van der Waals surface area contributed by atoms with Crippen LogP contribution < -0.4 is 5.32 Å². The number of benzene rings is 1. The number of aromatic nitrogens is 2. The minimum Gasteiger partial charge on any atom is -0.333 e. The number of fused-ring (bicyclic) bond motifs is 1. The Morgan fingerprint density at radius 3 is 2.83 bits per heavy atom. The molecule has 1 saturated carbocycles. The molecule has 2 aromatic rings. The molecular weight excluding hydrogens is 300 g/mol. The van der Waals surface area contributed by atoms with Gasteiger partial charge >= 0.3 is 0 Å². The van der Waals surface area contributed by atoms with Gasteiger partial charge in [-0.15, -0.1) is 0 Å². The maximum atomic E-state index is 13.2. The Hall–Kier alpha value is -2.14. The van der Waals surface area contributed by atoms with Crippen molar-refractivity contribution in [2.75, 3.05) is 13.1 Å². The number of hydrogen-bond donors (Lipinski definition) is 2. The average Bonchev–Trinajstić information content (AvgIpc) is 3.01. The maximum Gasteiger partial charge on any atom is 0.275 e. The summed E-state index contributed by atoms with van der Waals surface area (Å²) in [4.78, 5) is 15.2. The highest BCUT2D eigenvalue weighted by Gasteiger charge is 2.29. The number of aromatic amines is 1. The molecule has 2 aliphatic rings. The molecule has 1 aliphatic heterocycles. The fourth-order valence-corrected chi connectivity index (χ4v) is 3.56. The number of carbonyl (C=O) groups is 1. The van der Waals surface area contributed by atoms with E-state index in [9.17, 15) is 4.79 Å². The van der Waals surface area contributed by atoms with E-state index in [1.165, 1.54) is 24.8 Å². The van der Waals surface area contributed by atoms with Gasteiger partial charge in [0, 0.05) is 43.9 Å². The lowest BCUT2D eigenvalue weighted by Gasteiger charge is -2.32. The van der Waals surface area contributed by atoms with Gasteiger partial charge in [-0.3, -0.25) is 9.89 Å². The first kappa shape index (κ1) is 15.4. The molecule has 126 valence electrons. The van der Waals surface area contributed by atoms with Crippen LogP contribution in [0.25, 0.3) is 0 Å². The third-order valence-electron chi connectivity index (χ3n) is 5.22. The zero-order valence-corrected chi connectivity index (χ0v) is 13.9. The highest BCUT2D eigenvalue weighted by atomic mass is 16.2. The van der Waals surface area contributed by atoms with E-state index in [0.717, 1.165) is 37.3 Å². The molecule has 2 heterocycles. The molecule has 0 radical (unpaired) electrons. The molecule has 5 heteroatoms. The van der Waals surface area contributed by atoms with Gasteiger partial charge in [-0.25, -0.2) is 0 Å². The van der Waals surface area contributed by atoms with Crippen LogP contribution in [0.5, 0.6) is 0 Å². The van der Waals surface area contributed by atoms with Crippen LogP contribution in [-0.2, 0) is 19.5 Å². The van der Waals surface area contributed by atoms with Gasteiger partial charge in [0.15, 0.2) is 5.69 Å². The third kappa shape index (κ3) is 3.08. The zero-order valence-electron chi connectivity index (χ0n) is 13.9. The van der Waals surface area contributed by atoms with Crippen LogP contribution >= 0.6 is 0 Å². The van der Waals surface area contributed by atoms with Gasteiger partial charge in [-0.1, -0.05) is 36.8 Å². The van der Waals surface area contributed by atoms with Crippen molar-refractivity contribution in [3.63, 3.8) is 0 Å². The standard InChI is InChI=1S/C19H24N4O/c24-19(18-16-11-20-10-9-17(16)21-22-18)23(13-15-7-4-8-15)12-14-5-2-1-3-6-14/h1-3,5-6,15,20H,4,7-13H2,(H,21,22). The molecule has 1 aromatic heterocycles. The third-order valence-corrected chi connectivity index (χ3v) is 5.22. The Morgan fingerprint density at radius 1 is 1.25 bits per heavy atom. The van der Waals surface area contributed by atoms with Gasteiger partial charge in [0.2, 0.25) is 0 Å². The number of hydrogen-bond acceptors (Lipinski definition) is 3. The molecule has 1 aliphatic carbocycles. The molecule has 2 N–H and O–H groups in total. The van der Waals surface area contributed by atoms with Crippen molar-refractivity contribution in [3.8, 4) is 0 Å². The molecule has 24 heavy (non-hydrogen) atoms. The lowest BCUT2D eigenvalue weighted by molar-refractivity contribution is 0.0672. The fourth-order valence-electron chi connectivity index (χ4n) is 3.56. The van der Waals surface area contributed by atoms with Crippen LogP contribution in [0.4, 0.5) is 0 Å². The van der Waals surface area contributed by atoms with Gasteiger partial charge in [0.1, 0.15) is 0 Å². The quantitative estimate of drug-likeness (QED) is 0.888. The van der Waals surface area contributed by atoms with Gasteiger partial charge in [-0.2, -0.15) is 5.10 Å². The predicted molar refractivity (Wildman–Crippen MR) is 92.5 cm³/mol. The van der Waals surface area contributed by atoms with Crippen LogP contribution in [-0.4, -0.2) is 34.1 Å². The lowest BCUT2D eigenvalue weighted by atomic mass is 9.85. The van der Waals surface area contributed by atoms with Gasteiger partial charge in [-0.05, 0) is 24.3 Å². The first-order valence-corrected chi connectivity index (χ1v) is 8.91. The van der Waals surface area contributed by atoms with E-state index in [0.29, 0.717) is 18.2 Å². The molecule has 0 saturated heterocycles. The first-order chi connectivity index (χ1) is 11.8. The van der Waals surface area contributed by atoms with Crippen molar-refractivity contribution in [3.05, 3.63) is 52.8 Å². The van der Waals surface area contributed by atoms with Crippen molar-refractivity contribution in [1.82, 2.24) is 20.4 Å². The van der Waals surface area contributed by atoms with E-state index >= 15 is 0 Å². The van der Waals surface area contributed by atoms with Crippen LogP contribution in [0.3, 0.4) is 0 Å². The van der Waals surface area contributed by atoms with E-state index in [1.807, 2.05) is 23.1 Å². The highest BCUT2D eigenvalue weighted by molar-refractivity contribution is 5.94. The summed E-state index contributed by atoms with van der Waals surface area (Å²) < 4.78 is 0. The predicted octanol–water partition coefficient (Wildman–Crippen LogP) is 2.50. The molecule has 1 fully saturated rings. The van der Waals surface area contributed by atoms with Gasteiger partial charge in [0.05, 0.1) is 0 Å². The summed E-state index contributed by atoms with van der Waals surface area (Å²) in [6.45, 7) is 3.17. The van der Waals surface area contributed by atoms with Gasteiger partial charge in [0.25, 0.3) is 5.91 Å². The Morgan fingerprint density at radius 2 is 2.08 bits per heavy atom. The molecule has 1 amide bonds. The summed E-state index contributed by atoms with van der Waals surface area (Å²) in [6.07, 6.45) is 4.67. The van der Waals surface area contributed by atoms with Crippen molar-refractivity contribution in [1.29, 1.82) is 0 Å². The molecule has 0 unspecified atom stereocenters. The largest absolute Gasteiger partial charge is 0.333 e. The van der Waals surface area contributed by atoms with Crippen LogP contribution in [0.2, 0.25) is 0 Å². The van der Waals surface area contributed by atoms with E-state index in [1.54, 1.807) is 0 Å². The van der Waals surface area contributed by atoms with E-state index < -0.39 is 0 Å². The molecule has 1 aromatic carbocycles. The van der Waals surface area contributed by atoms with Crippen molar-refractivity contribution in [2.45, 2.75) is 38.8 Å². The van der Waals surface area contributed by atoms with Crippen molar-refractivity contribution < 1.29 is 4.79 Å². The van der Waals surface area contributed by atoms with Crippen LogP contribution in [0.1, 0.15) is 46.6 Å². The molecule has 0 bridgehead atoms. The van der Waals surface area contributed by atoms with E-state index in [4.69, 9.17) is 0 Å². The number of nitrogens with one attached hydrogen (secondary N) is 2. The zero-order chi connectivity index (χ0) is 16.4. The van der Waals surface area contributed by atoms with E-state index in [2.05, 4.69) is 27.6 Å². The monoisotopic (exact) mass is 324 g/mol. The summed E-state index contributed by atoms with van der Waals surface area (Å²) >= 11 is 0. The van der Waals surface area contributed by atoms with Crippen molar-refractivity contribution >= 4 is 5.91 Å². The minimum absolute atomic E-state index is 0.0620. The maximum absolute atomic E-state index is 13.2. The number of carbonyl (C=O) groups excluding carboxylic acids is 1. The molecule has 4 rings (SSSR count). The van der Waals surface area contributed by atoms with E-state index in [-0.39, 0.29) is 5.91 Å². The van der Waals surface area contributed by atoms with Gasteiger partial charge < -0.3 is 10.2 Å². The Bertz CT molecular complexity index is 705. The Kier molecular flexibility index (Phi) is 4.34. The smallest absolute Gasteiger partial charge is 0.275 e. The topological polar surface area (TPSA) is 61.0 Å². The minimum atomic E-state index is 0.0620. The first-order valence-electron chi connectivity index (χ1n) is 8.91. The second-order valence-corrected chi connectivity index (χ2v) is 6.92. The summed E-state index contributed by atoms with van der Waals surface area (Å²) in [7, 11) is 0. The number of rotatable bonds is 5. The fraction of sp³-hybridized carbons (Fsp3) is 0.474. The van der Waals surface area contributed by atoms with Crippen LogP contribution in [0, 0.1) is 5.92 Å². The number of nitrogens with zero attached hydrogens (tertiary/aromatic N) is 2. The Balaban J connectivity index is 1.57.